The van der Waals surface area contributed by atoms with Gasteiger partial charge in [0.05, 0.1) is 16.9 Å². The molecule has 3 amide bonds. The summed E-state index contributed by atoms with van der Waals surface area (Å²) in [6.45, 7) is 2.39. The van der Waals surface area contributed by atoms with Crippen molar-refractivity contribution in [3.05, 3.63) is 59.8 Å². The summed E-state index contributed by atoms with van der Waals surface area (Å²) in [6, 6.07) is 12.3. The first-order chi connectivity index (χ1) is 16.9. The van der Waals surface area contributed by atoms with E-state index in [1.54, 1.807) is 30.5 Å². The molecule has 35 heavy (non-hydrogen) atoms. The molecule has 0 aliphatic carbocycles. The molecule has 3 heterocycles. The number of anilines is 1. The highest BCUT2D eigenvalue weighted by atomic mass is 32.2. The van der Waals surface area contributed by atoms with Crippen LogP contribution in [-0.4, -0.2) is 85.3 Å². The van der Waals surface area contributed by atoms with Gasteiger partial charge in [-0.1, -0.05) is 18.2 Å². The summed E-state index contributed by atoms with van der Waals surface area (Å²) >= 11 is 0. The number of benzene rings is 1. The molecule has 0 bridgehead atoms. The van der Waals surface area contributed by atoms with Crippen LogP contribution in [0.15, 0.2) is 48.7 Å². The molecule has 1 aromatic heterocycles. The van der Waals surface area contributed by atoms with Crippen molar-refractivity contribution in [2.24, 2.45) is 0 Å². The van der Waals surface area contributed by atoms with Crippen LogP contribution in [0, 0.1) is 0 Å². The number of amides is 3. The van der Waals surface area contributed by atoms with E-state index in [1.807, 2.05) is 18.2 Å². The molecule has 2 aliphatic rings. The largest absolute Gasteiger partial charge is 0.356 e. The number of fused-ring (bicyclic) bond motifs is 1. The lowest BCUT2D eigenvalue weighted by Crippen LogP contribution is -2.49. The number of hydrogen-bond donors (Lipinski definition) is 1. The van der Waals surface area contributed by atoms with Gasteiger partial charge in [0.2, 0.25) is 15.9 Å². The third-order valence-corrected chi connectivity index (χ3v) is 8.13. The van der Waals surface area contributed by atoms with Crippen molar-refractivity contribution in [2.45, 2.75) is 19.3 Å². The molecule has 2 aromatic rings. The second-order valence-electron chi connectivity index (χ2n) is 8.50. The Bertz CT molecular complexity index is 1140. The van der Waals surface area contributed by atoms with Crippen molar-refractivity contribution in [1.82, 2.24) is 19.5 Å². The van der Waals surface area contributed by atoms with Gasteiger partial charge in [-0.05, 0) is 37.1 Å². The minimum Gasteiger partial charge on any atom is -0.356 e. The van der Waals surface area contributed by atoms with Crippen molar-refractivity contribution in [1.29, 1.82) is 0 Å². The van der Waals surface area contributed by atoms with E-state index in [0.717, 1.165) is 10.7 Å². The number of nitrogens with one attached hydrogen (secondary N) is 1. The Kier molecular flexibility index (Phi) is 7.76. The zero-order valence-electron chi connectivity index (χ0n) is 19.4. The molecule has 1 aromatic carbocycles. The molecule has 0 spiro atoms. The molecule has 0 saturated carbocycles. The molecule has 4 rings (SSSR count). The predicted molar refractivity (Wildman–Crippen MR) is 130 cm³/mol. The maximum atomic E-state index is 12.7. The predicted octanol–water partition coefficient (Wildman–Crippen LogP) is 1.12. The van der Waals surface area contributed by atoms with Crippen molar-refractivity contribution < 1.29 is 22.8 Å². The van der Waals surface area contributed by atoms with Gasteiger partial charge in [-0.25, -0.2) is 13.4 Å². The Morgan fingerprint density at radius 3 is 2.20 bits per heavy atom. The number of rotatable bonds is 10. The van der Waals surface area contributed by atoms with Gasteiger partial charge < -0.3 is 10.2 Å². The van der Waals surface area contributed by atoms with Gasteiger partial charge in [0.15, 0.2) is 0 Å². The fourth-order valence-electron chi connectivity index (χ4n) is 4.28. The van der Waals surface area contributed by atoms with Gasteiger partial charge >= 0.3 is 0 Å². The second kappa shape index (κ2) is 11.0. The molecule has 11 heteroatoms. The lowest BCUT2D eigenvalue weighted by Gasteiger charge is -2.34. The molecule has 10 nitrogen and oxygen atoms in total. The number of piperazine rings is 1. The molecule has 186 valence electrons. The van der Waals surface area contributed by atoms with Gasteiger partial charge in [-0.3, -0.25) is 19.3 Å². The van der Waals surface area contributed by atoms with E-state index in [1.165, 1.54) is 4.31 Å². The number of imide groups is 1. The van der Waals surface area contributed by atoms with Crippen LogP contribution in [0.1, 0.15) is 40.0 Å². The van der Waals surface area contributed by atoms with Crippen LogP contribution < -0.4 is 10.2 Å². The van der Waals surface area contributed by atoms with E-state index in [4.69, 9.17) is 0 Å². The lowest BCUT2D eigenvalue weighted by molar-refractivity contribution is -0.121. The quantitative estimate of drug-likeness (QED) is 0.384. The van der Waals surface area contributed by atoms with Crippen LogP contribution in [0.5, 0.6) is 0 Å². The second-order valence-corrected chi connectivity index (χ2v) is 10.6. The van der Waals surface area contributed by atoms with Crippen LogP contribution in [0.3, 0.4) is 0 Å². The summed E-state index contributed by atoms with van der Waals surface area (Å²) in [6.07, 6.45) is 2.52. The summed E-state index contributed by atoms with van der Waals surface area (Å²) in [5.74, 6) is -0.0984. The molecular weight excluding hydrogens is 470 g/mol. The highest BCUT2D eigenvalue weighted by molar-refractivity contribution is 7.89. The summed E-state index contributed by atoms with van der Waals surface area (Å²) in [7, 11) is -3.40. The molecule has 1 N–H and O–H groups in total. The minimum absolute atomic E-state index is 0.0358. The van der Waals surface area contributed by atoms with Crippen molar-refractivity contribution in [3.63, 3.8) is 0 Å². The third kappa shape index (κ3) is 5.85. The van der Waals surface area contributed by atoms with Gasteiger partial charge in [0, 0.05) is 51.9 Å². The van der Waals surface area contributed by atoms with Crippen molar-refractivity contribution in [2.75, 3.05) is 49.9 Å². The smallest absolute Gasteiger partial charge is 0.261 e. The van der Waals surface area contributed by atoms with Gasteiger partial charge in [0.25, 0.3) is 11.8 Å². The van der Waals surface area contributed by atoms with Gasteiger partial charge in [0.1, 0.15) is 5.82 Å². The molecule has 1 fully saturated rings. The van der Waals surface area contributed by atoms with Crippen LogP contribution in [0.4, 0.5) is 5.82 Å². The average Bonchev–Trinajstić information content (AvgIpc) is 3.12. The van der Waals surface area contributed by atoms with Crippen LogP contribution in [0.2, 0.25) is 0 Å². The molecule has 0 unspecified atom stereocenters. The van der Waals surface area contributed by atoms with E-state index in [-0.39, 0.29) is 43.0 Å². The normalized spacial score (nSPS) is 16.5. The van der Waals surface area contributed by atoms with E-state index in [0.29, 0.717) is 50.1 Å². The molecule has 0 radical (unpaired) electrons. The van der Waals surface area contributed by atoms with Gasteiger partial charge in [-0.2, -0.15) is 4.31 Å². The summed E-state index contributed by atoms with van der Waals surface area (Å²) in [5.41, 5.74) is 0.780. The maximum absolute atomic E-state index is 12.7. The molecule has 1 saturated heterocycles. The Hall–Kier alpha value is -3.31. The summed E-state index contributed by atoms with van der Waals surface area (Å²) in [5, 5.41) is 2.72. The highest BCUT2D eigenvalue weighted by Crippen LogP contribution is 2.22. The minimum atomic E-state index is -3.40. The third-order valence-electron chi connectivity index (χ3n) is 6.17. The Balaban J connectivity index is 1.12. The fourth-order valence-corrected chi connectivity index (χ4v) is 5.76. The standard InChI is InChI=1S/C24H29N5O5S/c30-22(10-5-13-29-23(31)19-7-1-2-8-20(19)24(29)32)26-12-6-18-35(33,34)28-16-14-27(15-17-28)21-9-3-4-11-25-21/h1-4,7-9,11H,5-6,10,12-18H2,(H,26,30). The SMILES string of the molecule is O=C(CCCN1C(=O)c2ccccc2C1=O)NCCCS(=O)(=O)N1CCN(c2ccccn2)CC1. The topological polar surface area (TPSA) is 120 Å². The zero-order chi connectivity index (χ0) is 24.8. The first-order valence-electron chi connectivity index (χ1n) is 11.7. The van der Waals surface area contributed by atoms with E-state index in [2.05, 4.69) is 15.2 Å². The summed E-state index contributed by atoms with van der Waals surface area (Å²) in [4.78, 5) is 44.4. The number of pyridine rings is 1. The number of aromatic nitrogens is 1. The zero-order valence-corrected chi connectivity index (χ0v) is 20.2. The first-order valence-corrected chi connectivity index (χ1v) is 13.3. The lowest BCUT2D eigenvalue weighted by atomic mass is 10.1. The fraction of sp³-hybridized carbons (Fsp3) is 0.417. The number of carbonyl (C=O) groups excluding carboxylic acids is 3. The van der Waals surface area contributed by atoms with E-state index in [9.17, 15) is 22.8 Å². The van der Waals surface area contributed by atoms with Crippen LogP contribution in [0.25, 0.3) is 0 Å². The van der Waals surface area contributed by atoms with Crippen molar-refractivity contribution >= 4 is 33.6 Å². The number of sulfonamides is 1. The highest BCUT2D eigenvalue weighted by Gasteiger charge is 2.34. The molecule has 0 atom stereocenters. The summed E-state index contributed by atoms with van der Waals surface area (Å²) < 4.78 is 26.8. The number of hydrogen-bond acceptors (Lipinski definition) is 7. The number of carbonyl (C=O) groups is 3. The molecular formula is C24H29N5O5S. The van der Waals surface area contributed by atoms with Crippen LogP contribution >= 0.6 is 0 Å². The number of nitrogens with zero attached hydrogens (tertiary/aromatic N) is 4. The Labute approximate surface area is 205 Å². The van der Waals surface area contributed by atoms with E-state index < -0.39 is 10.0 Å². The first kappa shape index (κ1) is 24.8. The average molecular weight is 500 g/mol. The monoisotopic (exact) mass is 499 g/mol. The Morgan fingerprint density at radius 2 is 1.57 bits per heavy atom. The molecule has 2 aliphatic heterocycles. The van der Waals surface area contributed by atoms with Crippen LogP contribution in [-0.2, 0) is 14.8 Å². The van der Waals surface area contributed by atoms with E-state index >= 15 is 0 Å². The maximum Gasteiger partial charge on any atom is 0.261 e. The van der Waals surface area contributed by atoms with Crippen molar-refractivity contribution in [3.8, 4) is 0 Å². The van der Waals surface area contributed by atoms with Gasteiger partial charge in [-0.15, -0.1) is 0 Å². The Morgan fingerprint density at radius 1 is 0.914 bits per heavy atom.